The fourth-order valence-corrected chi connectivity index (χ4v) is 5.81. The van der Waals surface area contributed by atoms with Gasteiger partial charge in [-0.2, -0.15) is 0 Å². The normalized spacial score (nSPS) is 17.4. The molecule has 1 aromatic rings. The van der Waals surface area contributed by atoms with E-state index in [2.05, 4.69) is 41.6 Å². The largest absolute Gasteiger partial charge is 0.466 e. The topological polar surface area (TPSA) is 91.9 Å². The van der Waals surface area contributed by atoms with Crippen LogP contribution in [0.2, 0.25) is 0 Å². The quantitative estimate of drug-likeness (QED) is 0.229. The summed E-state index contributed by atoms with van der Waals surface area (Å²) >= 11 is 5.45. The van der Waals surface area contributed by atoms with Crippen LogP contribution < -0.4 is 16.0 Å². The molecular formula is C30H43FN4O4S. The van der Waals surface area contributed by atoms with Crippen molar-refractivity contribution in [2.75, 3.05) is 45.7 Å². The summed E-state index contributed by atoms with van der Waals surface area (Å²) in [6.07, 6.45) is 3.36. The lowest BCUT2D eigenvalue weighted by molar-refractivity contribution is -0.137. The highest BCUT2D eigenvalue weighted by molar-refractivity contribution is 7.80. The fourth-order valence-electron chi connectivity index (χ4n) is 5.60. The number of dihydropyridines is 1. The number of hydrogen-bond acceptors (Lipinski definition) is 7. The van der Waals surface area contributed by atoms with E-state index in [1.165, 1.54) is 33.1 Å². The summed E-state index contributed by atoms with van der Waals surface area (Å²) in [5.41, 5.74) is 2.60. The molecular weight excluding hydrogens is 531 g/mol. The molecule has 0 spiro atoms. The number of anilines is 1. The molecule has 3 rings (SSSR count). The summed E-state index contributed by atoms with van der Waals surface area (Å²) in [6, 6.07) is 4.39. The number of ether oxygens (including phenoxy) is 2. The van der Waals surface area contributed by atoms with Crippen LogP contribution in [0, 0.1) is 17.2 Å². The van der Waals surface area contributed by atoms with Gasteiger partial charge in [-0.15, -0.1) is 0 Å². The van der Waals surface area contributed by atoms with E-state index >= 15 is 0 Å². The monoisotopic (exact) mass is 574 g/mol. The molecule has 40 heavy (non-hydrogen) atoms. The van der Waals surface area contributed by atoms with Gasteiger partial charge >= 0.3 is 11.9 Å². The number of benzene rings is 1. The van der Waals surface area contributed by atoms with Crippen molar-refractivity contribution in [3.05, 3.63) is 52.1 Å². The van der Waals surface area contributed by atoms with Gasteiger partial charge < -0.3 is 30.3 Å². The number of carbonyl (C=O) groups is 2. The third kappa shape index (κ3) is 7.60. The third-order valence-electron chi connectivity index (χ3n) is 7.89. The molecule has 10 heteroatoms. The summed E-state index contributed by atoms with van der Waals surface area (Å²) < 4.78 is 24.9. The first kappa shape index (κ1) is 31.5. The Morgan fingerprint density at radius 3 is 2.17 bits per heavy atom. The molecule has 1 aromatic carbocycles. The summed E-state index contributed by atoms with van der Waals surface area (Å²) in [7, 11) is 2.55. The molecule has 1 saturated heterocycles. The zero-order chi connectivity index (χ0) is 29.6. The molecule has 0 unspecified atom stereocenters. The predicted molar refractivity (Wildman–Crippen MR) is 159 cm³/mol. The van der Waals surface area contributed by atoms with Crippen molar-refractivity contribution >= 4 is 35.0 Å². The highest BCUT2D eigenvalue weighted by atomic mass is 32.1. The number of nitrogens with zero attached hydrogens (tertiary/aromatic N) is 1. The van der Waals surface area contributed by atoms with Crippen LogP contribution in [0.1, 0.15) is 65.4 Å². The molecule has 0 saturated carbocycles. The number of nitrogens with one attached hydrogen (secondary N) is 3. The van der Waals surface area contributed by atoms with Crippen LogP contribution in [0.4, 0.5) is 10.1 Å². The Labute approximate surface area is 242 Å². The second-order valence-electron chi connectivity index (χ2n) is 11.6. The number of carbonyl (C=O) groups excluding carboxylic acids is 2. The molecule has 3 N–H and O–H groups in total. The number of rotatable bonds is 8. The molecule has 2 aliphatic heterocycles. The standard InChI is InChI=1S/C30H43FN4O4S/c1-18-24(27(36)38-6)26(25(19(2)33-18)28(37)39-7)20-9-10-22(31)23(17-20)34-29(40)32-13-8-14-35-15-11-21(12-16-35)30(3,4)5/h9-10,17,21,26,33H,8,11-16H2,1-7H3,(H2,32,34,40). The lowest BCUT2D eigenvalue weighted by Crippen LogP contribution is -2.39. The number of likely N-dealkylation sites (tertiary alicyclic amines) is 1. The molecule has 0 radical (unpaired) electrons. The van der Waals surface area contributed by atoms with Crippen LogP contribution in [-0.4, -0.2) is 62.3 Å². The van der Waals surface area contributed by atoms with Crippen molar-refractivity contribution in [1.82, 2.24) is 15.5 Å². The van der Waals surface area contributed by atoms with Gasteiger partial charge in [0.05, 0.1) is 37.0 Å². The van der Waals surface area contributed by atoms with E-state index < -0.39 is 23.7 Å². The van der Waals surface area contributed by atoms with Crippen LogP contribution >= 0.6 is 12.2 Å². The van der Waals surface area contributed by atoms with Gasteiger partial charge in [0.2, 0.25) is 0 Å². The minimum Gasteiger partial charge on any atom is -0.466 e. The molecule has 0 bridgehead atoms. The zero-order valence-corrected chi connectivity index (χ0v) is 25.5. The number of allylic oxidation sites excluding steroid dienone is 2. The van der Waals surface area contributed by atoms with E-state index in [4.69, 9.17) is 21.7 Å². The van der Waals surface area contributed by atoms with E-state index in [0.29, 0.717) is 34.0 Å². The molecule has 220 valence electrons. The van der Waals surface area contributed by atoms with Crippen LogP contribution in [-0.2, 0) is 19.1 Å². The second-order valence-corrected chi connectivity index (χ2v) is 12.0. The van der Waals surface area contributed by atoms with Crippen LogP contribution in [0.3, 0.4) is 0 Å². The van der Waals surface area contributed by atoms with Gasteiger partial charge in [0, 0.05) is 17.9 Å². The number of thiocarbonyl (C=S) groups is 1. The number of esters is 2. The SMILES string of the molecule is COC(=O)C1=C(C)NC(C)=C(C(=O)OC)C1c1ccc(F)c(NC(=S)NCCCN2CCC(C(C)(C)C)CC2)c1. The Morgan fingerprint density at radius 1 is 1.07 bits per heavy atom. The van der Waals surface area contributed by atoms with Gasteiger partial charge in [-0.05, 0) is 94.0 Å². The average molecular weight is 575 g/mol. The van der Waals surface area contributed by atoms with Crippen molar-refractivity contribution in [3.63, 3.8) is 0 Å². The van der Waals surface area contributed by atoms with Crippen LogP contribution in [0.15, 0.2) is 40.7 Å². The first-order chi connectivity index (χ1) is 18.9. The lowest BCUT2D eigenvalue weighted by Gasteiger charge is -2.38. The molecule has 2 aliphatic rings. The number of piperidine rings is 1. The maximum atomic E-state index is 14.9. The van der Waals surface area contributed by atoms with Crippen LogP contribution in [0.5, 0.6) is 0 Å². The minimum atomic E-state index is -0.814. The van der Waals surface area contributed by atoms with Gasteiger partial charge in [0.25, 0.3) is 0 Å². The van der Waals surface area contributed by atoms with E-state index in [9.17, 15) is 14.0 Å². The van der Waals surface area contributed by atoms with Crippen molar-refractivity contribution in [3.8, 4) is 0 Å². The molecule has 0 aliphatic carbocycles. The smallest absolute Gasteiger partial charge is 0.336 e. The Balaban J connectivity index is 1.67. The van der Waals surface area contributed by atoms with Crippen molar-refractivity contribution in [2.45, 2.75) is 59.8 Å². The number of hydrogen-bond donors (Lipinski definition) is 3. The average Bonchev–Trinajstić information content (AvgIpc) is 2.91. The van der Waals surface area contributed by atoms with E-state index in [1.807, 2.05) is 0 Å². The van der Waals surface area contributed by atoms with Gasteiger partial charge in [-0.1, -0.05) is 26.8 Å². The zero-order valence-electron chi connectivity index (χ0n) is 24.7. The molecule has 1 fully saturated rings. The highest BCUT2D eigenvalue weighted by Gasteiger charge is 2.38. The summed E-state index contributed by atoms with van der Waals surface area (Å²) in [4.78, 5) is 28.0. The van der Waals surface area contributed by atoms with Gasteiger partial charge in [0.15, 0.2) is 5.11 Å². The Kier molecular flexibility index (Phi) is 10.7. The molecule has 2 heterocycles. The summed E-state index contributed by atoms with van der Waals surface area (Å²) in [6.45, 7) is 14.3. The van der Waals surface area contributed by atoms with E-state index in [-0.39, 0.29) is 16.8 Å². The molecule has 0 aromatic heterocycles. The maximum Gasteiger partial charge on any atom is 0.336 e. The summed E-state index contributed by atoms with van der Waals surface area (Å²) in [5, 5.41) is 9.47. The minimum absolute atomic E-state index is 0.140. The Hall–Kier alpha value is -2.98. The molecule has 8 nitrogen and oxygen atoms in total. The first-order valence-corrected chi connectivity index (χ1v) is 14.2. The Bertz CT molecular complexity index is 1140. The van der Waals surface area contributed by atoms with Gasteiger partial charge in [0.1, 0.15) is 5.82 Å². The first-order valence-electron chi connectivity index (χ1n) is 13.8. The van der Waals surface area contributed by atoms with Crippen LogP contribution in [0.25, 0.3) is 0 Å². The molecule has 0 atom stereocenters. The van der Waals surface area contributed by atoms with E-state index in [0.717, 1.165) is 32.0 Å². The highest BCUT2D eigenvalue weighted by Crippen LogP contribution is 2.40. The van der Waals surface area contributed by atoms with Gasteiger partial charge in [-0.25, -0.2) is 14.0 Å². The summed E-state index contributed by atoms with van der Waals surface area (Å²) in [5.74, 6) is -1.75. The number of methoxy groups -OCH3 is 2. The predicted octanol–water partition coefficient (Wildman–Crippen LogP) is 4.84. The maximum absolute atomic E-state index is 14.9. The van der Waals surface area contributed by atoms with Crippen molar-refractivity contribution < 1.29 is 23.5 Å². The van der Waals surface area contributed by atoms with Gasteiger partial charge in [-0.3, -0.25) is 0 Å². The Morgan fingerprint density at radius 2 is 1.65 bits per heavy atom. The second kappa shape index (κ2) is 13.6. The fraction of sp³-hybridized carbons (Fsp3) is 0.567. The third-order valence-corrected chi connectivity index (χ3v) is 8.14. The van der Waals surface area contributed by atoms with Crippen molar-refractivity contribution in [2.24, 2.45) is 11.3 Å². The van der Waals surface area contributed by atoms with E-state index in [1.54, 1.807) is 26.0 Å². The number of halogens is 1. The van der Waals surface area contributed by atoms with Crippen molar-refractivity contribution in [1.29, 1.82) is 0 Å². The molecule has 0 amide bonds. The lowest BCUT2D eigenvalue weighted by atomic mass is 9.75.